The molecule has 72 valence electrons. The van der Waals surface area contributed by atoms with Gasteiger partial charge in [-0.25, -0.2) is 8.78 Å². The first-order valence-electron chi connectivity index (χ1n) is 4.14. The van der Waals surface area contributed by atoms with Crippen molar-refractivity contribution in [2.24, 2.45) is 0 Å². The number of aliphatic hydroxyl groups excluding tert-OH is 1. The molecule has 0 heterocycles. The standard InChI is InChI=1S/C10H12F2O/c1-6-3-4-8(5-7(2)13)10(12)9(6)11/h3-4,7,13H,5H2,1-2H3. The van der Waals surface area contributed by atoms with Crippen molar-refractivity contribution >= 4 is 0 Å². The Morgan fingerprint density at radius 1 is 1.31 bits per heavy atom. The van der Waals surface area contributed by atoms with E-state index in [2.05, 4.69) is 0 Å². The SMILES string of the molecule is Cc1ccc(CC(C)O)c(F)c1F. The second-order valence-corrected chi connectivity index (χ2v) is 3.22. The van der Waals surface area contributed by atoms with Gasteiger partial charge in [0.2, 0.25) is 0 Å². The molecule has 0 bridgehead atoms. The summed E-state index contributed by atoms with van der Waals surface area (Å²) in [7, 11) is 0. The molecule has 1 N–H and O–H groups in total. The predicted octanol–water partition coefficient (Wildman–Crippen LogP) is 2.20. The van der Waals surface area contributed by atoms with Crippen molar-refractivity contribution in [3.05, 3.63) is 34.9 Å². The molecule has 0 saturated carbocycles. The largest absolute Gasteiger partial charge is 0.393 e. The zero-order valence-electron chi connectivity index (χ0n) is 7.64. The first-order valence-corrected chi connectivity index (χ1v) is 4.14. The van der Waals surface area contributed by atoms with E-state index in [-0.39, 0.29) is 17.5 Å². The van der Waals surface area contributed by atoms with Gasteiger partial charge in [0, 0.05) is 6.42 Å². The Labute approximate surface area is 76.0 Å². The lowest BCUT2D eigenvalue weighted by molar-refractivity contribution is 0.193. The summed E-state index contributed by atoms with van der Waals surface area (Å²) in [6.45, 7) is 3.04. The number of hydrogen-bond acceptors (Lipinski definition) is 1. The molecule has 0 fully saturated rings. The van der Waals surface area contributed by atoms with Crippen LogP contribution in [0.15, 0.2) is 12.1 Å². The minimum atomic E-state index is -0.846. The molecule has 0 aromatic heterocycles. The lowest BCUT2D eigenvalue weighted by Crippen LogP contribution is -2.07. The molecule has 13 heavy (non-hydrogen) atoms. The third-order valence-corrected chi connectivity index (χ3v) is 1.87. The van der Waals surface area contributed by atoms with E-state index in [1.807, 2.05) is 0 Å². The zero-order chi connectivity index (χ0) is 10.0. The van der Waals surface area contributed by atoms with Gasteiger partial charge in [-0.2, -0.15) is 0 Å². The van der Waals surface area contributed by atoms with Gasteiger partial charge in [0.05, 0.1) is 6.10 Å². The highest BCUT2D eigenvalue weighted by Gasteiger charge is 2.11. The van der Waals surface area contributed by atoms with E-state index in [4.69, 9.17) is 5.11 Å². The number of aliphatic hydroxyl groups is 1. The topological polar surface area (TPSA) is 20.2 Å². The summed E-state index contributed by atoms with van der Waals surface area (Å²) in [5, 5.41) is 9.00. The third kappa shape index (κ3) is 2.25. The van der Waals surface area contributed by atoms with Crippen LogP contribution in [0.5, 0.6) is 0 Å². The number of halogens is 2. The first-order chi connectivity index (χ1) is 6.02. The minimum absolute atomic E-state index is 0.142. The van der Waals surface area contributed by atoms with Gasteiger partial charge in [-0.05, 0) is 25.0 Å². The molecular weight excluding hydrogens is 174 g/mol. The van der Waals surface area contributed by atoms with E-state index in [9.17, 15) is 8.78 Å². The predicted molar refractivity (Wildman–Crippen MR) is 46.5 cm³/mol. The Bertz CT molecular complexity index is 308. The number of aryl methyl sites for hydroxylation is 1. The van der Waals surface area contributed by atoms with Crippen molar-refractivity contribution in [1.82, 2.24) is 0 Å². The van der Waals surface area contributed by atoms with Crippen LogP contribution in [0.1, 0.15) is 18.1 Å². The van der Waals surface area contributed by atoms with Crippen molar-refractivity contribution in [3.63, 3.8) is 0 Å². The van der Waals surface area contributed by atoms with Gasteiger partial charge >= 0.3 is 0 Å². The van der Waals surface area contributed by atoms with E-state index in [1.165, 1.54) is 26.0 Å². The van der Waals surface area contributed by atoms with Crippen LogP contribution in [0.25, 0.3) is 0 Å². The molecule has 3 heteroatoms. The molecule has 1 atom stereocenters. The third-order valence-electron chi connectivity index (χ3n) is 1.87. The second-order valence-electron chi connectivity index (χ2n) is 3.22. The van der Waals surface area contributed by atoms with Crippen LogP contribution in [0.2, 0.25) is 0 Å². The summed E-state index contributed by atoms with van der Waals surface area (Å²) in [4.78, 5) is 0. The molecule has 0 aliphatic rings. The average Bonchev–Trinajstić information content (AvgIpc) is 2.06. The van der Waals surface area contributed by atoms with E-state index in [1.54, 1.807) is 0 Å². The molecule has 1 aromatic carbocycles. The Kier molecular flexibility index (Phi) is 2.98. The Hall–Kier alpha value is -0.960. The fraction of sp³-hybridized carbons (Fsp3) is 0.400. The fourth-order valence-electron chi connectivity index (χ4n) is 1.16. The van der Waals surface area contributed by atoms with Gasteiger partial charge in [0.1, 0.15) is 0 Å². The van der Waals surface area contributed by atoms with Crippen LogP contribution in [0.4, 0.5) is 8.78 Å². The van der Waals surface area contributed by atoms with Crippen molar-refractivity contribution in [3.8, 4) is 0 Å². The number of hydrogen-bond donors (Lipinski definition) is 1. The summed E-state index contributed by atoms with van der Waals surface area (Å²) < 4.78 is 26.1. The monoisotopic (exact) mass is 186 g/mol. The summed E-state index contributed by atoms with van der Waals surface area (Å²) in [5.41, 5.74) is 0.505. The van der Waals surface area contributed by atoms with Crippen LogP contribution in [0, 0.1) is 18.6 Å². The Balaban J connectivity index is 3.04. The van der Waals surface area contributed by atoms with Crippen molar-refractivity contribution in [2.75, 3.05) is 0 Å². The van der Waals surface area contributed by atoms with E-state index < -0.39 is 17.7 Å². The normalized spacial score (nSPS) is 13.0. The fourth-order valence-corrected chi connectivity index (χ4v) is 1.16. The van der Waals surface area contributed by atoms with Crippen LogP contribution in [0.3, 0.4) is 0 Å². The Morgan fingerprint density at radius 3 is 2.46 bits per heavy atom. The lowest BCUT2D eigenvalue weighted by Gasteiger charge is -2.07. The molecule has 1 aromatic rings. The van der Waals surface area contributed by atoms with Crippen molar-refractivity contribution in [2.45, 2.75) is 26.4 Å². The molecule has 0 spiro atoms. The molecule has 0 aliphatic heterocycles. The molecular formula is C10H12F2O. The van der Waals surface area contributed by atoms with E-state index in [0.717, 1.165) is 0 Å². The average molecular weight is 186 g/mol. The Morgan fingerprint density at radius 2 is 1.92 bits per heavy atom. The van der Waals surface area contributed by atoms with Gasteiger partial charge in [-0.15, -0.1) is 0 Å². The van der Waals surface area contributed by atoms with Gasteiger partial charge < -0.3 is 5.11 Å². The molecule has 0 saturated heterocycles. The van der Waals surface area contributed by atoms with Crippen molar-refractivity contribution < 1.29 is 13.9 Å². The molecule has 1 unspecified atom stereocenters. The van der Waals surface area contributed by atoms with E-state index >= 15 is 0 Å². The van der Waals surface area contributed by atoms with Crippen LogP contribution < -0.4 is 0 Å². The lowest BCUT2D eigenvalue weighted by atomic mass is 10.1. The highest BCUT2D eigenvalue weighted by Crippen LogP contribution is 2.16. The van der Waals surface area contributed by atoms with Crippen molar-refractivity contribution in [1.29, 1.82) is 0 Å². The summed E-state index contributed by atoms with van der Waals surface area (Å²) in [6.07, 6.45) is -0.514. The second kappa shape index (κ2) is 3.83. The van der Waals surface area contributed by atoms with Crippen LogP contribution in [-0.4, -0.2) is 11.2 Å². The highest BCUT2D eigenvalue weighted by atomic mass is 19.2. The zero-order valence-corrected chi connectivity index (χ0v) is 7.64. The summed E-state index contributed by atoms with van der Waals surface area (Å²) in [6, 6.07) is 3.01. The van der Waals surface area contributed by atoms with Gasteiger partial charge in [0.25, 0.3) is 0 Å². The summed E-state index contributed by atoms with van der Waals surface area (Å²) in [5.74, 6) is -1.67. The minimum Gasteiger partial charge on any atom is -0.393 e. The number of benzene rings is 1. The highest BCUT2D eigenvalue weighted by molar-refractivity contribution is 5.25. The molecule has 0 amide bonds. The maximum atomic E-state index is 13.1. The van der Waals surface area contributed by atoms with Crippen LogP contribution >= 0.6 is 0 Å². The number of rotatable bonds is 2. The van der Waals surface area contributed by atoms with Gasteiger partial charge in [0.15, 0.2) is 11.6 Å². The molecule has 0 radical (unpaired) electrons. The first kappa shape index (κ1) is 10.1. The van der Waals surface area contributed by atoms with E-state index in [0.29, 0.717) is 0 Å². The maximum absolute atomic E-state index is 13.1. The summed E-state index contributed by atoms with van der Waals surface area (Å²) >= 11 is 0. The van der Waals surface area contributed by atoms with Gasteiger partial charge in [-0.1, -0.05) is 12.1 Å². The molecule has 1 rings (SSSR count). The maximum Gasteiger partial charge on any atom is 0.162 e. The van der Waals surface area contributed by atoms with Gasteiger partial charge in [-0.3, -0.25) is 0 Å². The molecule has 0 aliphatic carbocycles. The smallest absolute Gasteiger partial charge is 0.162 e. The van der Waals surface area contributed by atoms with Crippen LogP contribution in [-0.2, 0) is 6.42 Å². The quantitative estimate of drug-likeness (QED) is 0.750. The molecule has 1 nitrogen and oxygen atoms in total.